The van der Waals surface area contributed by atoms with Gasteiger partial charge in [0.25, 0.3) is 0 Å². The molecule has 0 radical (unpaired) electrons. The van der Waals surface area contributed by atoms with E-state index in [0.717, 1.165) is 45.3 Å². The van der Waals surface area contributed by atoms with Gasteiger partial charge in [-0.25, -0.2) is 0 Å². The standard InChI is InChI=1S/C44H39BO3/c1-26-22-24-30(28(3)40(26)32-14-12-17-35-42(32)46-37-19-9-8-16-34(37)44(35,5)6)31-25-23-27(2)41(29(31)4)33-15-13-18-36-43(33)47-38-20-10-11-21-39(38)48-45(36)7/h8-25H,1-7H3. The van der Waals surface area contributed by atoms with Crippen molar-refractivity contribution in [2.45, 2.75) is 53.8 Å². The normalized spacial score (nSPS) is 13.9. The molecular weight excluding hydrogens is 587 g/mol. The second-order valence-corrected chi connectivity index (χ2v) is 13.8. The van der Waals surface area contributed by atoms with Gasteiger partial charge in [0.15, 0.2) is 5.75 Å². The van der Waals surface area contributed by atoms with Gasteiger partial charge in [0.05, 0.1) is 0 Å². The van der Waals surface area contributed by atoms with E-state index in [0.29, 0.717) is 0 Å². The van der Waals surface area contributed by atoms with E-state index in [1.807, 2.05) is 24.3 Å². The Morgan fingerprint density at radius 1 is 0.479 bits per heavy atom. The van der Waals surface area contributed by atoms with Gasteiger partial charge in [-0.2, -0.15) is 0 Å². The third kappa shape index (κ3) is 4.58. The molecule has 8 rings (SSSR count). The van der Waals surface area contributed by atoms with Crippen molar-refractivity contribution >= 4 is 12.4 Å². The number of para-hydroxylation sites is 5. The van der Waals surface area contributed by atoms with Crippen molar-refractivity contribution in [2.24, 2.45) is 0 Å². The van der Waals surface area contributed by atoms with Crippen LogP contribution in [0.15, 0.2) is 109 Å². The van der Waals surface area contributed by atoms with E-state index in [9.17, 15) is 0 Å². The summed E-state index contributed by atoms with van der Waals surface area (Å²) in [7, 11) is 0. The fraction of sp³-hybridized carbons (Fsp3) is 0.182. The highest BCUT2D eigenvalue weighted by molar-refractivity contribution is 6.68. The molecule has 0 aromatic heterocycles. The van der Waals surface area contributed by atoms with E-state index in [4.69, 9.17) is 14.1 Å². The maximum Gasteiger partial charge on any atom is 0.392 e. The highest BCUT2D eigenvalue weighted by Crippen LogP contribution is 2.52. The first-order chi connectivity index (χ1) is 23.1. The molecule has 4 heteroatoms. The summed E-state index contributed by atoms with van der Waals surface area (Å²) in [5, 5.41) is 0. The minimum absolute atomic E-state index is 0.148. The molecular formula is C44H39BO3. The van der Waals surface area contributed by atoms with Gasteiger partial charge in [0.1, 0.15) is 23.0 Å². The Labute approximate surface area is 284 Å². The van der Waals surface area contributed by atoms with E-state index in [1.54, 1.807) is 0 Å². The average molecular weight is 627 g/mol. The first-order valence-electron chi connectivity index (χ1n) is 16.8. The molecule has 0 saturated heterocycles. The van der Waals surface area contributed by atoms with E-state index < -0.39 is 0 Å². The molecule has 6 aromatic carbocycles. The summed E-state index contributed by atoms with van der Waals surface area (Å²) in [6.45, 7) is 15.4. The molecule has 48 heavy (non-hydrogen) atoms. The van der Waals surface area contributed by atoms with Gasteiger partial charge in [0.2, 0.25) is 0 Å². The average Bonchev–Trinajstić information content (AvgIpc) is 3.22. The fourth-order valence-corrected chi connectivity index (χ4v) is 7.95. The molecule has 0 unspecified atom stereocenters. The SMILES string of the molecule is CB1Oc2ccccc2Oc2c1cccc2-c1c(C)ccc(-c2ccc(C)c(-c3cccc4c3Oc3ccccc3C4(C)C)c2C)c1C. The van der Waals surface area contributed by atoms with Crippen LogP contribution in [0.3, 0.4) is 0 Å². The monoisotopic (exact) mass is 626 g/mol. The van der Waals surface area contributed by atoms with Crippen LogP contribution < -0.4 is 19.6 Å². The predicted octanol–water partition coefficient (Wildman–Crippen LogP) is 11.4. The van der Waals surface area contributed by atoms with Gasteiger partial charge in [-0.3, -0.25) is 0 Å². The third-order valence-corrected chi connectivity index (χ3v) is 10.5. The number of hydrogen-bond acceptors (Lipinski definition) is 3. The maximum absolute atomic E-state index is 6.74. The number of fused-ring (bicyclic) bond motifs is 4. The second-order valence-electron chi connectivity index (χ2n) is 13.8. The molecule has 0 bridgehead atoms. The summed E-state index contributed by atoms with van der Waals surface area (Å²) in [6.07, 6.45) is 0. The predicted molar refractivity (Wildman–Crippen MR) is 199 cm³/mol. The van der Waals surface area contributed by atoms with Gasteiger partial charge in [-0.05, 0) is 97.2 Å². The molecule has 2 aliphatic heterocycles. The Morgan fingerprint density at radius 3 is 1.67 bits per heavy atom. The van der Waals surface area contributed by atoms with Crippen LogP contribution in [0.4, 0.5) is 0 Å². The zero-order valence-corrected chi connectivity index (χ0v) is 28.7. The van der Waals surface area contributed by atoms with E-state index >= 15 is 0 Å². The number of rotatable bonds is 3. The van der Waals surface area contributed by atoms with Crippen LogP contribution in [-0.2, 0) is 5.41 Å². The lowest BCUT2D eigenvalue weighted by molar-refractivity contribution is 0.419. The van der Waals surface area contributed by atoms with Crippen molar-refractivity contribution < 1.29 is 14.1 Å². The quantitative estimate of drug-likeness (QED) is 0.183. The molecule has 0 spiro atoms. The number of ether oxygens (including phenoxy) is 2. The molecule has 0 amide bonds. The van der Waals surface area contributed by atoms with Crippen molar-refractivity contribution in [2.75, 3.05) is 0 Å². The Bertz CT molecular complexity index is 2200. The topological polar surface area (TPSA) is 27.7 Å². The van der Waals surface area contributed by atoms with E-state index in [2.05, 4.69) is 133 Å². The van der Waals surface area contributed by atoms with Crippen LogP contribution in [-0.4, -0.2) is 6.92 Å². The number of hydrogen-bond donors (Lipinski definition) is 0. The van der Waals surface area contributed by atoms with Crippen LogP contribution in [0.2, 0.25) is 6.82 Å². The first-order valence-corrected chi connectivity index (χ1v) is 16.8. The fourth-order valence-electron chi connectivity index (χ4n) is 7.95. The Hall–Kier alpha value is -5.22. The van der Waals surface area contributed by atoms with Crippen LogP contribution >= 0.6 is 0 Å². The molecule has 0 aliphatic carbocycles. The number of benzene rings is 6. The largest absolute Gasteiger partial charge is 0.553 e. The van der Waals surface area contributed by atoms with Gasteiger partial charge in [-0.1, -0.05) is 105 Å². The van der Waals surface area contributed by atoms with Crippen molar-refractivity contribution in [3.8, 4) is 62.1 Å². The zero-order chi connectivity index (χ0) is 33.3. The van der Waals surface area contributed by atoms with E-state index in [1.165, 1.54) is 55.6 Å². The zero-order valence-electron chi connectivity index (χ0n) is 28.7. The maximum atomic E-state index is 6.74. The molecule has 0 saturated carbocycles. The van der Waals surface area contributed by atoms with Crippen LogP contribution in [0.25, 0.3) is 33.4 Å². The summed E-state index contributed by atoms with van der Waals surface area (Å²) < 4.78 is 19.8. The van der Waals surface area contributed by atoms with Crippen molar-refractivity contribution in [3.63, 3.8) is 0 Å². The van der Waals surface area contributed by atoms with E-state index in [-0.39, 0.29) is 12.3 Å². The Kier molecular flexibility index (Phi) is 7.03. The lowest BCUT2D eigenvalue weighted by atomic mass is 9.62. The summed E-state index contributed by atoms with van der Waals surface area (Å²) >= 11 is 0. The highest BCUT2D eigenvalue weighted by atomic mass is 16.5. The molecule has 3 nitrogen and oxygen atoms in total. The molecule has 6 aromatic rings. The molecule has 2 aliphatic rings. The second kappa shape index (κ2) is 11.2. The van der Waals surface area contributed by atoms with Crippen molar-refractivity contribution in [1.82, 2.24) is 0 Å². The minimum atomic E-state index is -0.180. The van der Waals surface area contributed by atoms with Gasteiger partial charge in [-0.15, -0.1) is 0 Å². The lowest BCUT2D eigenvalue weighted by Crippen LogP contribution is -2.32. The van der Waals surface area contributed by atoms with Crippen LogP contribution in [0.5, 0.6) is 28.7 Å². The van der Waals surface area contributed by atoms with Crippen molar-refractivity contribution in [3.05, 3.63) is 143 Å². The van der Waals surface area contributed by atoms with Gasteiger partial charge < -0.3 is 14.1 Å². The lowest BCUT2D eigenvalue weighted by Gasteiger charge is -2.35. The summed E-state index contributed by atoms with van der Waals surface area (Å²) in [6, 6.07) is 38.4. The smallest absolute Gasteiger partial charge is 0.392 e. The van der Waals surface area contributed by atoms with Gasteiger partial charge in [0, 0.05) is 33.1 Å². The highest BCUT2D eigenvalue weighted by Gasteiger charge is 2.36. The first kappa shape index (κ1) is 30.1. The molecule has 0 atom stereocenters. The summed E-state index contributed by atoms with van der Waals surface area (Å²) in [4.78, 5) is 0. The minimum Gasteiger partial charge on any atom is -0.553 e. The third-order valence-electron chi connectivity index (χ3n) is 10.5. The molecule has 0 fully saturated rings. The molecule has 2 heterocycles. The summed E-state index contributed by atoms with van der Waals surface area (Å²) in [5.41, 5.74) is 15.2. The summed E-state index contributed by atoms with van der Waals surface area (Å²) in [5.74, 6) is 4.23. The molecule has 0 N–H and O–H groups in total. The number of aryl methyl sites for hydroxylation is 2. The van der Waals surface area contributed by atoms with Crippen LogP contribution in [0, 0.1) is 27.7 Å². The van der Waals surface area contributed by atoms with Gasteiger partial charge >= 0.3 is 6.92 Å². The van der Waals surface area contributed by atoms with Crippen LogP contribution in [0.1, 0.15) is 47.2 Å². The molecule has 236 valence electrons. The Morgan fingerprint density at radius 2 is 1.00 bits per heavy atom. The van der Waals surface area contributed by atoms with Crippen molar-refractivity contribution in [1.29, 1.82) is 0 Å². The Balaban J connectivity index is 1.29.